The number of piperidine rings is 1. The first-order chi connectivity index (χ1) is 18.3. The van der Waals surface area contributed by atoms with Crippen molar-refractivity contribution in [3.05, 3.63) is 70.8 Å². The molecule has 218 valence electrons. The number of esters is 1. The molecule has 3 nitrogen and oxygen atoms in total. The summed E-state index contributed by atoms with van der Waals surface area (Å²) in [6, 6.07) is 5.50. The summed E-state index contributed by atoms with van der Waals surface area (Å²) in [5.74, 6) is -0.0294. The van der Waals surface area contributed by atoms with Gasteiger partial charge in [0, 0.05) is 24.4 Å². The van der Waals surface area contributed by atoms with Gasteiger partial charge in [-0.25, -0.2) is 8.78 Å². The van der Waals surface area contributed by atoms with Gasteiger partial charge in [0.1, 0.15) is 0 Å². The zero-order chi connectivity index (χ0) is 30.1. The van der Waals surface area contributed by atoms with E-state index in [9.17, 15) is 31.1 Å². The molecule has 0 amide bonds. The molecule has 1 aliphatic rings. The molecule has 40 heavy (non-hydrogen) atoms. The molecule has 3 unspecified atom stereocenters. The highest BCUT2D eigenvalue weighted by Gasteiger charge is 2.53. The van der Waals surface area contributed by atoms with E-state index in [1.807, 2.05) is 0 Å². The number of rotatable bonds is 5. The molecular formula is C29H29F8NO2. The number of carbonyl (C=O) groups excluding carboxylic acids is 1. The average Bonchev–Trinajstić information content (AvgIpc) is 2.84. The average molecular weight is 576 g/mol. The summed E-state index contributed by atoms with van der Waals surface area (Å²) in [6.07, 6.45) is -10.7. The first kappa shape index (κ1) is 31.4. The maximum Gasteiger partial charge on any atom is 0.416 e. The van der Waals surface area contributed by atoms with Crippen LogP contribution in [-0.4, -0.2) is 30.4 Å². The molecule has 1 aliphatic heterocycles. The van der Waals surface area contributed by atoms with Crippen molar-refractivity contribution in [1.29, 1.82) is 0 Å². The molecule has 3 atom stereocenters. The van der Waals surface area contributed by atoms with Crippen molar-refractivity contribution in [2.75, 3.05) is 13.7 Å². The highest BCUT2D eigenvalue weighted by Crippen LogP contribution is 2.50. The fourth-order valence-electron chi connectivity index (χ4n) is 4.67. The van der Waals surface area contributed by atoms with Crippen LogP contribution in [0.5, 0.6) is 0 Å². The molecule has 1 fully saturated rings. The summed E-state index contributed by atoms with van der Waals surface area (Å²) in [4.78, 5) is 13.7. The van der Waals surface area contributed by atoms with Crippen LogP contribution in [0.1, 0.15) is 68.0 Å². The maximum atomic E-state index is 15.4. The van der Waals surface area contributed by atoms with Gasteiger partial charge in [-0.1, -0.05) is 36.1 Å². The summed E-state index contributed by atoms with van der Waals surface area (Å²) >= 11 is 0. The van der Waals surface area contributed by atoms with Crippen molar-refractivity contribution in [3.8, 4) is 11.8 Å². The third-order valence-corrected chi connectivity index (χ3v) is 6.65. The van der Waals surface area contributed by atoms with Gasteiger partial charge < -0.3 is 4.74 Å². The minimum absolute atomic E-state index is 0.0794. The number of hydrogen-bond acceptors (Lipinski definition) is 3. The third kappa shape index (κ3) is 7.53. The molecule has 11 heteroatoms. The number of alkyl halides is 8. The lowest BCUT2D eigenvalue weighted by molar-refractivity contribution is -0.163. The number of carbonyl (C=O) groups is 1. The first-order valence-corrected chi connectivity index (χ1v) is 12.4. The third-order valence-electron chi connectivity index (χ3n) is 6.65. The second-order valence-electron chi connectivity index (χ2n) is 10.7. The first-order valence-electron chi connectivity index (χ1n) is 12.4. The number of methoxy groups -OCH3 is 1. The lowest BCUT2D eigenvalue weighted by Gasteiger charge is -2.47. The molecule has 1 heterocycles. The Morgan fingerprint density at radius 2 is 1.45 bits per heavy atom. The van der Waals surface area contributed by atoms with E-state index in [1.54, 1.807) is 20.8 Å². The van der Waals surface area contributed by atoms with Crippen LogP contribution in [0.4, 0.5) is 35.1 Å². The summed E-state index contributed by atoms with van der Waals surface area (Å²) < 4.78 is 115. The van der Waals surface area contributed by atoms with Gasteiger partial charge >= 0.3 is 18.3 Å². The fourth-order valence-corrected chi connectivity index (χ4v) is 4.67. The lowest BCUT2D eigenvalue weighted by atomic mass is 9.78. The van der Waals surface area contributed by atoms with Crippen molar-refractivity contribution in [3.63, 3.8) is 0 Å². The van der Waals surface area contributed by atoms with E-state index in [1.165, 1.54) is 17.0 Å². The summed E-state index contributed by atoms with van der Waals surface area (Å²) in [5.41, 5.74) is -2.10. The second kappa shape index (κ2) is 11.4. The molecule has 0 aliphatic carbocycles. The van der Waals surface area contributed by atoms with Crippen LogP contribution in [-0.2, 0) is 21.9 Å². The summed E-state index contributed by atoms with van der Waals surface area (Å²) in [7, 11) is 1.04. The Bertz CT molecular complexity index is 1230. The zero-order valence-corrected chi connectivity index (χ0v) is 22.3. The highest BCUT2D eigenvalue weighted by molar-refractivity contribution is 5.69. The Labute approximate surface area is 227 Å². The van der Waals surface area contributed by atoms with Gasteiger partial charge in [-0.05, 0) is 56.2 Å². The molecule has 1 saturated heterocycles. The maximum absolute atomic E-state index is 15.4. The van der Waals surface area contributed by atoms with Crippen molar-refractivity contribution in [1.82, 2.24) is 4.90 Å². The molecule has 0 spiro atoms. The van der Waals surface area contributed by atoms with E-state index in [2.05, 4.69) is 16.6 Å². The number of benzene rings is 2. The van der Waals surface area contributed by atoms with Gasteiger partial charge in [-0.2, -0.15) is 26.3 Å². The van der Waals surface area contributed by atoms with Crippen LogP contribution in [0.15, 0.2) is 48.5 Å². The van der Waals surface area contributed by atoms with Crippen molar-refractivity contribution >= 4 is 5.97 Å². The second-order valence-corrected chi connectivity index (χ2v) is 10.7. The number of hydrogen-bond donors (Lipinski definition) is 0. The Morgan fingerprint density at radius 1 is 0.950 bits per heavy atom. The van der Waals surface area contributed by atoms with Gasteiger partial charge in [-0.15, -0.1) is 0 Å². The monoisotopic (exact) mass is 575 g/mol. The van der Waals surface area contributed by atoms with Gasteiger partial charge in [0.2, 0.25) is 0 Å². The molecule has 2 aromatic carbocycles. The van der Waals surface area contributed by atoms with Crippen LogP contribution in [0.2, 0.25) is 0 Å². The van der Waals surface area contributed by atoms with E-state index in [4.69, 9.17) is 0 Å². The number of ether oxygens (including phenoxy) is 1. The highest BCUT2D eigenvalue weighted by atomic mass is 19.4. The van der Waals surface area contributed by atoms with Crippen LogP contribution >= 0.6 is 0 Å². The normalized spacial score (nSPS) is 20.8. The Hall–Kier alpha value is -3.13. The largest absolute Gasteiger partial charge is 0.469 e. The number of nitrogens with zero attached hydrogens (tertiary/aromatic N) is 1. The van der Waals surface area contributed by atoms with Crippen molar-refractivity contribution in [2.24, 2.45) is 11.3 Å². The molecular weight excluding hydrogens is 546 g/mol. The van der Waals surface area contributed by atoms with E-state index in [0.717, 1.165) is 43.5 Å². The van der Waals surface area contributed by atoms with E-state index < -0.39 is 71.6 Å². The minimum Gasteiger partial charge on any atom is -0.469 e. The number of halogens is 8. The molecule has 0 bridgehead atoms. The topological polar surface area (TPSA) is 29.5 Å². The SMILES string of the molecule is COC(=O)CC1C(c2ccc(C(F)(F)F)cc2)N(C(C#CC(C)(C)C)c2ccc(C(F)(F)F)cc2)CCC1(F)F. The van der Waals surface area contributed by atoms with Gasteiger partial charge in [0.15, 0.2) is 0 Å². The summed E-state index contributed by atoms with van der Waals surface area (Å²) in [6.45, 7) is 5.09. The van der Waals surface area contributed by atoms with Crippen LogP contribution in [0, 0.1) is 23.2 Å². The molecule has 0 N–H and O–H groups in total. The lowest BCUT2D eigenvalue weighted by Crippen LogP contribution is -2.51. The van der Waals surface area contributed by atoms with E-state index >= 15 is 8.78 Å². The smallest absolute Gasteiger partial charge is 0.416 e. The van der Waals surface area contributed by atoms with Crippen LogP contribution < -0.4 is 0 Å². The quantitative estimate of drug-likeness (QED) is 0.205. The number of likely N-dealkylation sites (tertiary alicyclic amines) is 1. The summed E-state index contributed by atoms with van der Waals surface area (Å²) in [5, 5.41) is 0. The standard InChI is InChI=1S/C29H29F8NO2/c1-26(2,3)14-13-23(18-5-9-20(10-6-18)28(32,33)34)38-16-15-27(30,31)22(17-24(39)40-4)25(38)19-7-11-21(12-8-19)29(35,36)37/h5-12,22-23,25H,15-17H2,1-4H3. The van der Waals surface area contributed by atoms with Crippen LogP contribution in [0.3, 0.4) is 0 Å². The predicted octanol–water partition coefficient (Wildman–Crippen LogP) is 8.08. The Kier molecular flexibility index (Phi) is 8.94. The van der Waals surface area contributed by atoms with Gasteiger partial charge in [-0.3, -0.25) is 9.69 Å². The van der Waals surface area contributed by atoms with Crippen molar-refractivity contribution < 1.29 is 44.7 Å². The fraction of sp³-hybridized carbons (Fsp3) is 0.483. The Balaban J connectivity index is 2.21. The predicted molar refractivity (Wildman–Crippen MR) is 132 cm³/mol. The van der Waals surface area contributed by atoms with Crippen LogP contribution in [0.25, 0.3) is 0 Å². The molecule has 2 aromatic rings. The molecule has 0 saturated carbocycles. The van der Waals surface area contributed by atoms with E-state index in [-0.39, 0.29) is 17.7 Å². The zero-order valence-electron chi connectivity index (χ0n) is 22.3. The van der Waals surface area contributed by atoms with Gasteiger partial charge in [0.05, 0.1) is 36.6 Å². The molecule has 0 aromatic heterocycles. The molecule has 3 rings (SSSR count). The Morgan fingerprint density at radius 3 is 1.90 bits per heavy atom. The molecule has 0 radical (unpaired) electrons. The van der Waals surface area contributed by atoms with Gasteiger partial charge in [0.25, 0.3) is 5.92 Å². The minimum atomic E-state index is -4.67. The van der Waals surface area contributed by atoms with Crippen molar-refractivity contribution in [2.45, 2.75) is 64.0 Å². The van der Waals surface area contributed by atoms with E-state index in [0.29, 0.717) is 0 Å².